The quantitative estimate of drug-likeness (QED) is 0.834. The van der Waals surface area contributed by atoms with Crippen LogP contribution in [0.2, 0.25) is 0 Å². The molecule has 0 atom stereocenters. The molecule has 0 aliphatic rings. The van der Waals surface area contributed by atoms with Crippen LogP contribution in [0.1, 0.15) is 5.56 Å². The van der Waals surface area contributed by atoms with E-state index in [4.69, 9.17) is 4.74 Å². The lowest BCUT2D eigenvalue weighted by atomic mass is 10.2. The van der Waals surface area contributed by atoms with Gasteiger partial charge in [0.25, 0.3) is 0 Å². The van der Waals surface area contributed by atoms with Gasteiger partial charge in [-0.15, -0.1) is 0 Å². The first-order valence-electron chi connectivity index (χ1n) is 6.11. The first kappa shape index (κ1) is 14.8. The number of carbonyl (C=O) groups is 1. The third kappa shape index (κ3) is 4.83. The van der Waals surface area contributed by atoms with Gasteiger partial charge in [-0.25, -0.2) is 4.79 Å². The van der Waals surface area contributed by atoms with E-state index in [0.29, 0.717) is 0 Å². The fourth-order valence-electron chi connectivity index (χ4n) is 1.43. The van der Waals surface area contributed by atoms with Gasteiger partial charge in [-0.2, -0.15) is 0 Å². The minimum absolute atomic E-state index is 0.288. The van der Waals surface area contributed by atoms with Crippen LogP contribution in [0.15, 0.2) is 64.4 Å². The van der Waals surface area contributed by atoms with E-state index in [1.165, 1.54) is 9.79 Å². The van der Waals surface area contributed by atoms with Crippen molar-refractivity contribution in [2.75, 3.05) is 7.05 Å². The predicted octanol–water partition coefficient (Wildman–Crippen LogP) is 4.34. The zero-order valence-corrected chi connectivity index (χ0v) is 12.7. The molecule has 0 saturated carbocycles. The molecule has 104 valence electrons. The molecule has 0 aliphatic heterocycles. The standard InChI is InChI=1S/C15H15NO2S2/c1-16-15(17)18-11-12-7-9-14(10-8-12)20-19-13-5-3-2-4-6-13/h2-10H,11H2,1H3,(H,16,17). The zero-order valence-electron chi connectivity index (χ0n) is 11.0. The summed E-state index contributed by atoms with van der Waals surface area (Å²) in [7, 11) is 4.97. The number of benzene rings is 2. The second-order valence-corrected chi connectivity index (χ2v) is 6.23. The highest BCUT2D eigenvalue weighted by atomic mass is 33.1. The molecule has 1 N–H and O–H groups in total. The summed E-state index contributed by atoms with van der Waals surface area (Å²) >= 11 is 0. The Bertz CT molecular complexity index is 544. The summed E-state index contributed by atoms with van der Waals surface area (Å²) in [5, 5.41) is 2.42. The van der Waals surface area contributed by atoms with E-state index in [1.54, 1.807) is 28.6 Å². The minimum atomic E-state index is -0.414. The lowest BCUT2D eigenvalue weighted by molar-refractivity contribution is 0.142. The summed E-state index contributed by atoms with van der Waals surface area (Å²) < 4.78 is 4.98. The van der Waals surface area contributed by atoms with Crippen LogP contribution in [-0.2, 0) is 11.3 Å². The Morgan fingerprint density at radius 1 is 1.00 bits per heavy atom. The molecule has 0 aliphatic carbocycles. The van der Waals surface area contributed by atoms with Crippen molar-refractivity contribution >= 4 is 27.7 Å². The Morgan fingerprint density at radius 3 is 2.20 bits per heavy atom. The number of ether oxygens (including phenoxy) is 1. The summed E-state index contributed by atoms with van der Waals surface area (Å²) in [6, 6.07) is 18.2. The fourth-order valence-corrected chi connectivity index (χ4v) is 3.39. The van der Waals surface area contributed by atoms with Gasteiger partial charge in [-0.3, -0.25) is 0 Å². The smallest absolute Gasteiger partial charge is 0.407 e. The monoisotopic (exact) mass is 305 g/mol. The number of amides is 1. The van der Waals surface area contributed by atoms with Crippen molar-refractivity contribution in [2.24, 2.45) is 0 Å². The summed E-state index contributed by atoms with van der Waals surface area (Å²) in [4.78, 5) is 13.4. The Balaban J connectivity index is 1.84. The number of carbonyl (C=O) groups excluding carboxylic acids is 1. The van der Waals surface area contributed by atoms with Gasteiger partial charge in [-0.05, 0) is 29.8 Å². The summed E-state index contributed by atoms with van der Waals surface area (Å²) in [5.74, 6) is 0. The Kier molecular flexibility index (Phi) is 5.83. The number of hydrogen-bond donors (Lipinski definition) is 1. The second-order valence-electron chi connectivity index (χ2n) is 3.95. The van der Waals surface area contributed by atoms with Gasteiger partial charge in [0.2, 0.25) is 0 Å². The molecule has 0 aromatic heterocycles. The predicted molar refractivity (Wildman–Crippen MR) is 83.8 cm³/mol. The van der Waals surface area contributed by atoms with E-state index in [-0.39, 0.29) is 6.61 Å². The van der Waals surface area contributed by atoms with Crippen LogP contribution in [-0.4, -0.2) is 13.1 Å². The van der Waals surface area contributed by atoms with Gasteiger partial charge in [0.1, 0.15) is 6.61 Å². The third-order valence-corrected chi connectivity index (χ3v) is 4.89. The lowest BCUT2D eigenvalue weighted by Gasteiger charge is -2.05. The molecular formula is C15H15NO2S2. The maximum absolute atomic E-state index is 11.0. The van der Waals surface area contributed by atoms with Gasteiger partial charge in [0, 0.05) is 16.8 Å². The number of rotatable bonds is 5. The Morgan fingerprint density at radius 2 is 1.60 bits per heavy atom. The van der Waals surface area contributed by atoms with Crippen molar-refractivity contribution in [3.05, 3.63) is 60.2 Å². The molecule has 2 rings (SSSR count). The normalized spacial score (nSPS) is 10.1. The maximum atomic E-state index is 11.0. The van der Waals surface area contributed by atoms with Gasteiger partial charge >= 0.3 is 6.09 Å². The molecule has 2 aromatic rings. The molecule has 5 heteroatoms. The maximum Gasteiger partial charge on any atom is 0.407 e. The first-order valence-corrected chi connectivity index (χ1v) is 8.26. The summed E-state index contributed by atoms with van der Waals surface area (Å²) in [6.07, 6.45) is -0.414. The van der Waals surface area contributed by atoms with Crippen molar-refractivity contribution in [3.63, 3.8) is 0 Å². The Labute approximate surface area is 126 Å². The molecule has 0 unspecified atom stereocenters. The molecule has 0 fully saturated rings. The van der Waals surface area contributed by atoms with Crippen molar-refractivity contribution in [1.29, 1.82) is 0 Å². The molecule has 1 amide bonds. The SMILES string of the molecule is CNC(=O)OCc1ccc(SSc2ccccc2)cc1. The van der Waals surface area contributed by atoms with Gasteiger partial charge in [-0.1, -0.05) is 51.9 Å². The molecule has 3 nitrogen and oxygen atoms in total. The zero-order chi connectivity index (χ0) is 14.2. The van der Waals surface area contributed by atoms with Crippen LogP contribution >= 0.6 is 21.6 Å². The summed E-state index contributed by atoms with van der Waals surface area (Å²) in [5.41, 5.74) is 0.975. The van der Waals surface area contributed by atoms with E-state index < -0.39 is 6.09 Å². The fraction of sp³-hybridized carbons (Fsp3) is 0.133. The molecule has 20 heavy (non-hydrogen) atoms. The van der Waals surface area contributed by atoms with E-state index in [9.17, 15) is 4.79 Å². The van der Waals surface area contributed by atoms with Crippen LogP contribution in [0, 0.1) is 0 Å². The lowest BCUT2D eigenvalue weighted by Crippen LogP contribution is -2.18. The van der Waals surface area contributed by atoms with Gasteiger partial charge in [0.05, 0.1) is 0 Å². The molecule has 0 radical (unpaired) electrons. The van der Waals surface area contributed by atoms with E-state index in [2.05, 4.69) is 17.4 Å². The van der Waals surface area contributed by atoms with Crippen LogP contribution in [0.5, 0.6) is 0 Å². The molecule has 0 heterocycles. The first-order chi connectivity index (χ1) is 9.78. The van der Waals surface area contributed by atoms with Crippen molar-refractivity contribution in [3.8, 4) is 0 Å². The average molecular weight is 305 g/mol. The molecule has 0 saturated heterocycles. The van der Waals surface area contributed by atoms with Gasteiger partial charge < -0.3 is 10.1 Å². The van der Waals surface area contributed by atoms with Crippen molar-refractivity contribution in [2.45, 2.75) is 16.4 Å². The third-order valence-electron chi connectivity index (χ3n) is 2.47. The Hall–Kier alpha value is -1.59. The van der Waals surface area contributed by atoms with Gasteiger partial charge in [0.15, 0.2) is 0 Å². The summed E-state index contributed by atoms with van der Waals surface area (Å²) in [6.45, 7) is 0.288. The number of nitrogens with one attached hydrogen (secondary N) is 1. The highest BCUT2D eigenvalue weighted by Gasteiger charge is 2.01. The molecule has 0 bridgehead atoms. The van der Waals surface area contributed by atoms with E-state index in [0.717, 1.165) is 5.56 Å². The van der Waals surface area contributed by atoms with Crippen molar-refractivity contribution < 1.29 is 9.53 Å². The highest BCUT2D eigenvalue weighted by Crippen LogP contribution is 2.37. The number of alkyl carbamates (subject to hydrolysis) is 1. The van der Waals surface area contributed by atoms with Crippen LogP contribution < -0.4 is 5.32 Å². The molecular weight excluding hydrogens is 290 g/mol. The molecule has 0 spiro atoms. The minimum Gasteiger partial charge on any atom is -0.445 e. The van der Waals surface area contributed by atoms with Crippen molar-refractivity contribution in [1.82, 2.24) is 5.32 Å². The number of hydrogen-bond acceptors (Lipinski definition) is 4. The topological polar surface area (TPSA) is 38.3 Å². The van der Waals surface area contributed by atoms with E-state index in [1.807, 2.05) is 42.5 Å². The molecule has 2 aromatic carbocycles. The van der Waals surface area contributed by atoms with Crippen LogP contribution in [0.4, 0.5) is 4.79 Å². The second kappa shape index (κ2) is 7.87. The van der Waals surface area contributed by atoms with E-state index >= 15 is 0 Å². The highest BCUT2D eigenvalue weighted by molar-refractivity contribution is 8.76. The average Bonchev–Trinajstić information content (AvgIpc) is 2.52. The van der Waals surface area contributed by atoms with Crippen LogP contribution in [0.3, 0.4) is 0 Å². The van der Waals surface area contributed by atoms with Crippen LogP contribution in [0.25, 0.3) is 0 Å². The largest absolute Gasteiger partial charge is 0.445 e.